The van der Waals surface area contributed by atoms with Crippen LogP contribution in [0.1, 0.15) is 23.7 Å². The minimum Gasteiger partial charge on any atom is -0.481 e. The summed E-state index contributed by atoms with van der Waals surface area (Å²) in [7, 11) is 0. The Balaban J connectivity index is 2.28. The van der Waals surface area contributed by atoms with Gasteiger partial charge in [0.15, 0.2) is 11.5 Å². The SMILES string of the molecule is CC(=O)c1ccc(OC2CCOC2)c([N+](=O)[O-])c1. The van der Waals surface area contributed by atoms with Gasteiger partial charge < -0.3 is 9.47 Å². The summed E-state index contributed by atoms with van der Waals surface area (Å²) in [5.74, 6) is -0.0330. The highest BCUT2D eigenvalue weighted by Gasteiger charge is 2.23. The standard InChI is InChI=1S/C12H13NO5/c1-8(14)9-2-3-12(11(6-9)13(15)16)18-10-4-5-17-7-10/h2-3,6,10H,4-5,7H2,1H3. The van der Waals surface area contributed by atoms with Crippen molar-refractivity contribution in [2.24, 2.45) is 0 Å². The van der Waals surface area contributed by atoms with Gasteiger partial charge in [-0.15, -0.1) is 0 Å². The van der Waals surface area contributed by atoms with Crippen molar-refractivity contribution in [2.75, 3.05) is 13.2 Å². The fraction of sp³-hybridized carbons (Fsp3) is 0.417. The minimum atomic E-state index is -0.544. The number of benzene rings is 1. The van der Waals surface area contributed by atoms with Crippen LogP contribution >= 0.6 is 0 Å². The van der Waals surface area contributed by atoms with Gasteiger partial charge in [-0.25, -0.2) is 0 Å². The Labute approximate surface area is 104 Å². The van der Waals surface area contributed by atoms with E-state index in [1.165, 1.54) is 25.1 Å². The van der Waals surface area contributed by atoms with Gasteiger partial charge in [-0.05, 0) is 19.1 Å². The van der Waals surface area contributed by atoms with E-state index in [1.54, 1.807) is 0 Å². The van der Waals surface area contributed by atoms with Crippen LogP contribution in [0.25, 0.3) is 0 Å². The molecule has 18 heavy (non-hydrogen) atoms. The van der Waals surface area contributed by atoms with Gasteiger partial charge in [0.1, 0.15) is 6.10 Å². The number of hydrogen-bond donors (Lipinski definition) is 0. The molecule has 0 N–H and O–H groups in total. The Hall–Kier alpha value is -1.95. The molecule has 0 aromatic heterocycles. The molecule has 6 heteroatoms. The Kier molecular flexibility index (Phi) is 3.57. The third kappa shape index (κ3) is 2.65. The molecular formula is C12H13NO5. The monoisotopic (exact) mass is 251 g/mol. The number of ether oxygens (including phenoxy) is 2. The van der Waals surface area contributed by atoms with Crippen LogP contribution in [0.2, 0.25) is 0 Å². The first-order valence-corrected chi connectivity index (χ1v) is 5.61. The first-order valence-electron chi connectivity index (χ1n) is 5.61. The van der Waals surface area contributed by atoms with Crippen LogP contribution in [0.3, 0.4) is 0 Å². The molecule has 1 aliphatic heterocycles. The van der Waals surface area contributed by atoms with Gasteiger partial charge in [-0.3, -0.25) is 14.9 Å². The number of ketones is 1. The molecule has 1 aliphatic rings. The molecule has 0 bridgehead atoms. The van der Waals surface area contributed by atoms with Crippen molar-refractivity contribution in [1.82, 2.24) is 0 Å². The van der Waals surface area contributed by atoms with E-state index in [2.05, 4.69) is 0 Å². The maximum Gasteiger partial charge on any atom is 0.311 e. The molecular weight excluding hydrogens is 238 g/mol. The maximum absolute atomic E-state index is 11.2. The molecule has 6 nitrogen and oxygen atoms in total. The van der Waals surface area contributed by atoms with E-state index in [4.69, 9.17) is 9.47 Å². The third-order valence-corrected chi connectivity index (χ3v) is 2.74. The second-order valence-electron chi connectivity index (χ2n) is 4.10. The normalized spacial score (nSPS) is 18.6. The summed E-state index contributed by atoms with van der Waals surface area (Å²) in [4.78, 5) is 21.6. The molecule has 1 fully saturated rings. The highest BCUT2D eigenvalue weighted by molar-refractivity contribution is 5.95. The fourth-order valence-corrected chi connectivity index (χ4v) is 1.76. The Morgan fingerprint density at radius 2 is 2.33 bits per heavy atom. The predicted octanol–water partition coefficient (Wildman–Crippen LogP) is 1.97. The Morgan fingerprint density at radius 3 is 2.89 bits per heavy atom. The van der Waals surface area contributed by atoms with Gasteiger partial charge in [0.05, 0.1) is 18.1 Å². The molecule has 2 rings (SSSR count). The number of Topliss-reactive ketones (excluding diaryl/α,β-unsaturated/α-hetero) is 1. The van der Waals surface area contributed by atoms with E-state index in [0.29, 0.717) is 25.2 Å². The quantitative estimate of drug-likeness (QED) is 0.464. The summed E-state index contributed by atoms with van der Waals surface area (Å²) >= 11 is 0. The number of nitro groups is 1. The number of nitrogens with zero attached hydrogens (tertiary/aromatic N) is 1. The lowest BCUT2D eigenvalue weighted by molar-refractivity contribution is -0.386. The number of carbonyl (C=O) groups is 1. The van der Waals surface area contributed by atoms with Crippen molar-refractivity contribution in [3.63, 3.8) is 0 Å². The number of hydrogen-bond acceptors (Lipinski definition) is 5. The summed E-state index contributed by atoms with van der Waals surface area (Å²) < 4.78 is 10.7. The molecule has 1 heterocycles. The number of rotatable bonds is 4. The fourth-order valence-electron chi connectivity index (χ4n) is 1.76. The van der Waals surface area contributed by atoms with E-state index >= 15 is 0 Å². The van der Waals surface area contributed by atoms with Crippen LogP contribution in [0.4, 0.5) is 5.69 Å². The summed E-state index contributed by atoms with van der Waals surface area (Å²) in [6, 6.07) is 4.24. The first-order chi connectivity index (χ1) is 8.58. The van der Waals surface area contributed by atoms with Gasteiger partial charge in [0.25, 0.3) is 0 Å². The van der Waals surface area contributed by atoms with Crippen LogP contribution in [-0.2, 0) is 4.74 Å². The van der Waals surface area contributed by atoms with Crippen molar-refractivity contribution in [3.8, 4) is 5.75 Å². The zero-order valence-electron chi connectivity index (χ0n) is 9.92. The van der Waals surface area contributed by atoms with Gasteiger partial charge in [-0.2, -0.15) is 0 Å². The van der Waals surface area contributed by atoms with Crippen molar-refractivity contribution < 1.29 is 19.2 Å². The highest BCUT2D eigenvalue weighted by atomic mass is 16.6. The van der Waals surface area contributed by atoms with E-state index in [0.717, 1.165) is 0 Å². The van der Waals surface area contributed by atoms with E-state index in [9.17, 15) is 14.9 Å². The first kappa shape index (κ1) is 12.5. The van der Waals surface area contributed by atoms with Crippen LogP contribution in [0.5, 0.6) is 5.75 Å². The lowest BCUT2D eigenvalue weighted by Crippen LogP contribution is -2.16. The summed E-state index contributed by atoms with van der Waals surface area (Å²) in [5.41, 5.74) is 0.117. The summed E-state index contributed by atoms with van der Waals surface area (Å²) in [6.07, 6.45) is 0.554. The lowest BCUT2D eigenvalue weighted by Gasteiger charge is -2.12. The Bertz CT molecular complexity index is 479. The highest BCUT2D eigenvalue weighted by Crippen LogP contribution is 2.30. The zero-order valence-corrected chi connectivity index (χ0v) is 9.92. The van der Waals surface area contributed by atoms with Gasteiger partial charge in [-0.1, -0.05) is 0 Å². The van der Waals surface area contributed by atoms with Crippen LogP contribution in [0, 0.1) is 10.1 Å². The molecule has 96 valence electrons. The number of nitro benzene ring substituents is 1. The van der Waals surface area contributed by atoms with Gasteiger partial charge >= 0.3 is 5.69 Å². The van der Waals surface area contributed by atoms with Crippen molar-refractivity contribution in [1.29, 1.82) is 0 Å². The van der Waals surface area contributed by atoms with Crippen molar-refractivity contribution >= 4 is 11.5 Å². The van der Waals surface area contributed by atoms with E-state index in [1.807, 2.05) is 0 Å². The van der Waals surface area contributed by atoms with Crippen LogP contribution < -0.4 is 4.74 Å². The molecule has 1 aromatic rings. The molecule has 1 atom stereocenters. The molecule has 0 spiro atoms. The topological polar surface area (TPSA) is 78.7 Å². The van der Waals surface area contributed by atoms with Crippen LogP contribution in [0.15, 0.2) is 18.2 Å². The van der Waals surface area contributed by atoms with E-state index in [-0.39, 0.29) is 23.3 Å². The maximum atomic E-state index is 11.2. The van der Waals surface area contributed by atoms with Gasteiger partial charge in [0, 0.05) is 18.1 Å². The third-order valence-electron chi connectivity index (χ3n) is 2.74. The van der Waals surface area contributed by atoms with Crippen molar-refractivity contribution in [3.05, 3.63) is 33.9 Å². The summed E-state index contributed by atoms with van der Waals surface area (Å²) in [5, 5.41) is 11.0. The molecule has 0 aliphatic carbocycles. The molecule has 1 aromatic carbocycles. The van der Waals surface area contributed by atoms with Gasteiger partial charge in [0.2, 0.25) is 0 Å². The molecule has 0 radical (unpaired) electrons. The average Bonchev–Trinajstić information content (AvgIpc) is 2.81. The van der Waals surface area contributed by atoms with Crippen LogP contribution in [-0.4, -0.2) is 30.0 Å². The molecule has 0 amide bonds. The zero-order chi connectivity index (χ0) is 13.1. The lowest BCUT2D eigenvalue weighted by atomic mass is 10.1. The Morgan fingerprint density at radius 1 is 1.56 bits per heavy atom. The van der Waals surface area contributed by atoms with E-state index < -0.39 is 4.92 Å². The largest absolute Gasteiger partial charge is 0.481 e. The smallest absolute Gasteiger partial charge is 0.311 e. The molecule has 1 saturated heterocycles. The summed E-state index contributed by atoms with van der Waals surface area (Å²) in [6.45, 7) is 2.40. The number of carbonyl (C=O) groups excluding carboxylic acids is 1. The molecule has 0 saturated carbocycles. The molecule has 1 unspecified atom stereocenters. The minimum absolute atomic E-state index is 0.160. The second kappa shape index (κ2) is 5.14. The second-order valence-corrected chi connectivity index (χ2v) is 4.10. The van der Waals surface area contributed by atoms with Crippen molar-refractivity contribution in [2.45, 2.75) is 19.4 Å². The predicted molar refractivity (Wildman–Crippen MR) is 63.0 cm³/mol. The average molecular weight is 251 g/mol.